The van der Waals surface area contributed by atoms with Gasteiger partial charge in [-0.05, 0) is 101 Å². The zero-order chi connectivity index (χ0) is 26.2. The highest BCUT2D eigenvalue weighted by Crippen LogP contribution is 2.68. The number of ether oxygens (including phenoxy) is 1. The second-order valence-corrected chi connectivity index (χ2v) is 13.4. The maximum atomic E-state index is 13.4. The number of hydrogen-bond acceptors (Lipinski definition) is 7. The molecule has 7 nitrogen and oxygen atoms in total. The van der Waals surface area contributed by atoms with E-state index in [0.29, 0.717) is 38.5 Å². The highest BCUT2D eigenvalue weighted by Gasteiger charge is 2.69. The van der Waals surface area contributed by atoms with Crippen molar-refractivity contribution in [1.29, 1.82) is 0 Å². The molecule has 0 aliphatic heterocycles. The molecule has 35 heavy (non-hydrogen) atoms. The quantitative estimate of drug-likeness (QED) is 0.384. The minimum absolute atomic E-state index is 0.00256. The van der Waals surface area contributed by atoms with Crippen LogP contribution in [0.25, 0.3) is 0 Å². The Kier molecular flexibility index (Phi) is 6.69. The van der Waals surface area contributed by atoms with Crippen molar-refractivity contribution in [2.24, 2.45) is 28.6 Å². The third-order valence-corrected chi connectivity index (χ3v) is 10.8. The molecule has 4 aliphatic rings. The molecule has 4 aliphatic carbocycles. The molecule has 0 aromatic carbocycles. The van der Waals surface area contributed by atoms with E-state index < -0.39 is 39.8 Å². The molecule has 0 heterocycles. The molecule has 0 amide bonds. The van der Waals surface area contributed by atoms with Crippen LogP contribution in [-0.4, -0.2) is 73.5 Å². The van der Waals surface area contributed by atoms with Crippen molar-refractivity contribution in [1.82, 2.24) is 0 Å². The Balaban J connectivity index is 1.66. The molecule has 0 aromatic rings. The highest BCUT2D eigenvalue weighted by molar-refractivity contribution is 5.95. The van der Waals surface area contributed by atoms with Gasteiger partial charge in [-0.25, -0.2) is 0 Å². The lowest BCUT2D eigenvalue weighted by Crippen LogP contribution is -2.63. The monoisotopic (exact) mass is 494 g/mol. The first-order valence-electron chi connectivity index (χ1n) is 13.3. The molecule has 0 bridgehead atoms. The van der Waals surface area contributed by atoms with Gasteiger partial charge in [-0.2, -0.15) is 0 Å². The van der Waals surface area contributed by atoms with E-state index in [1.54, 1.807) is 34.0 Å². The minimum atomic E-state index is -1.45. The third kappa shape index (κ3) is 4.05. The lowest BCUT2D eigenvalue weighted by molar-refractivity contribution is -0.178. The standard InChI is InChI=1S/C28H46O7/c1-24(2,32)10-9-23(31)27(5,33)22-8-12-28(34)17-13-19(29)18-14-20(30)21(35-6)15-25(18,3)16(17)7-11-26(22,28)4/h13,16,18,20-23,30-34H,7-12,14-15H2,1-6H3/t16?,18-,20+,21-,22?,23+,25+,26+,27-,28+/m0/s1. The first kappa shape index (κ1) is 27.2. The van der Waals surface area contributed by atoms with Gasteiger partial charge in [0, 0.05) is 18.4 Å². The lowest BCUT2D eigenvalue weighted by Gasteiger charge is -2.61. The van der Waals surface area contributed by atoms with Gasteiger partial charge in [0.2, 0.25) is 0 Å². The number of allylic oxidation sites excluding steroid dienone is 1. The van der Waals surface area contributed by atoms with Crippen molar-refractivity contribution in [3.63, 3.8) is 0 Å². The molecule has 0 saturated heterocycles. The van der Waals surface area contributed by atoms with Crippen LogP contribution in [0.4, 0.5) is 0 Å². The summed E-state index contributed by atoms with van der Waals surface area (Å²) in [5.74, 6) is -0.698. The summed E-state index contributed by atoms with van der Waals surface area (Å²) in [6.45, 7) is 9.13. The molecule has 200 valence electrons. The average molecular weight is 495 g/mol. The molecule has 0 aromatic heterocycles. The van der Waals surface area contributed by atoms with Gasteiger partial charge in [0.1, 0.15) is 0 Å². The van der Waals surface area contributed by atoms with Crippen LogP contribution in [-0.2, 0) is 9.53 Å². The van der Waals surface area contributed by atoms with E-state index in [1.165, 1.54) is 0 Å². The van der Waals surface area contributed by atoms with E-state index in [2.05, 4.69) is 6.92 Å². The summed E-state index contributed by atoms with van der Waals surface area (Å²) in [4.78, 5) is 13.4. The van der Waals surface area contributed by atoms with Crippen LogP contribution in [0.3, 0.4) is 0 Å². The number of fused-ring (bicyclic) bond motifs is 5. The number of hydrogen-bond donors (Lipinski definition) is 5. The molecular formula is C28H46O7. The van der Waals surface area contributed by atoms with Crippen LogP contribution in [0.2, 0.25) is 0 Å². The minimum Gasteiger partial charge on any atom is -0.390 e. The van der Waals surface area contributed by atoms with E-state index in [-0.39, 0.29) is 36.1 Å². The van der Waals surface area contributed by atoms with E-state index in [9.17, 15) is 30.3 Å². The molecule has 3 saturated carbocycles. The first-order valence-corrected chi connectivity index (χ1v) is 13.3. The van der Waals surface area contributed by atoms with Gasteiger partial charge < -0.3 is 30.3 Å². The molecular weight excluding hydrogens is 448 g/mol. The van der Waals surface area contributed by atoms with Crippen LogP contribution in [0.5, 0.6) is 0 Å². The van der Waals surface area contributed by atoms with Gasteiger partial charge in [-0.1, -0.05) is 13.8 Å². The van der Waals surface area contributed by atoms with Crippen LogP contribution in [0, 0.1) is 28.6 Å². The molecule has 4 rings (SSSR count). The van der Waals surface area contributed by atoms with Crippen molar-refractivity contribution in [2.45, 2.75) is 121 Å². The summed E-state index contributed by atoms with van der Waals surface area (Å²) in [7, 11) is 1.59. The summed E-state index contributed by atoms with van der Waals surface area (Å²) in [6, 6.07) is 0. The summed E-state index contributed by atoms with van der Waals surface area (Å²) in [5.41, 5.74) is -3.98. The normalized spacial score (nSPS) is 46.2. The molecule has 0 spiro atoms. The average Bonchev–Trinajstić information content (AvgIpc) is 3.04. The largest absolute Gasteiger partial charge is 0.390 e. The number of carbonyl (C=O) groups is 1. The zero-order valence-electron chi connectivity index (χ0n) is 22.3. The van der Waals surface area contributed by atoms with Crippen molar-refractivity contribution in [3.8, 4) is 0 Å². The third-order valence-electron chi connectivity index (χ3n) is 10.8. The zero-order valence-corrected chi connectivity index (χ0v) is 22.3. The Morgan fingerprint density at radius 3 is 2.40 bits per heavy atom. The fourth-order valence-electron chi connectivity index (χ4n) is 8.54. The Bertz CT molecular complexity index is 875. The number of aliphatic hydroxyl groups excluding tert-OH is 2. The second kappa shape index (κ2) is 8.60. The topological polar surface area (TPSA) is 127 Å². The second-order valence-electron chi connectivity index (χ2n) is 13.4. The van der Waals surface area contributed by atoms with Gasteiger partial charge >= 0.3 is 0 Å². The van der Waals surface area contributed by atoms with Gasteiger partial charge in [0.25, 0.3) is 0 Å². The van der Waals surface area contributed by atoms with Gasteiger partial charge in [0.05, 0.1) is 35.1 Å². The number of aliphatic hydroxyl groups is 5. The number of methoxy groups -OCH3 is 1. The van der Waals surface area contributed by atoms with E-state index in [0.717, 1.165) is 12.0 Å². The Morgan fingerprint density at radius 1 is 1.14 bits per heavy atom. The summed E-state index contributed by atoms with van der Waals surface area (Å²) in [6.07, 6.45) is 3.54. The van der Waals surface area contributed by atoms with Crippen molar-refractivity contribution in [3.05, 3.63) is 11.6 Å². The fraction of sp³-hybridized carbons (Fsp3) is 0.893. The first-order chi connectivity index (χ1) is 16.0. The Labute approximate surface area is 209 Å². The molecule has 7 heteroatoms. The maximum absolute atomic E-state index is 13.4. The lowest BCUT2D eigenvalue weighted by atomic mass is 9.45. The summed E-state index contributed by atoms with van der Waals surface area (Å²) in [5, 5.41) is 55.5. The van der Waals surface area contributed by atoms with Crippen molar-refractivity contribution >= 4 is 5.78 Å². The highest BCUT2D eigenvalue weighted by atomic mass is 16.5. The molecule has 2 unspecified atom stereocenters. The molecule has 5 N–H and O–H groups in total. The molecule has 3 fully saturated rings. The smallest absolute Gasteiger partial charge is 0.159 e. The van der Waals surface area contributed by atoms with Crippen LogP contribution >= 0.6 is 0 Å². The number of carbonyl (C=O) groups excluding carboxylic acids is 1. The van der Waals surface area contributed by atoms with Gasteiger partial charge in [-0.15, -0.1) is 0 Å². The predicted molar refractivity (Wildman–Crippen MR) is 131 cm³/mol. The van der Waals surface area contributed by atoms with E-state index in [4.69, 9.17) is 4.74 Å². The van der Waals surface area contributed by atoms with Crippen LogP contribution < -0.4 is 0 Å². The number of rotatable bonds is 6. The van der Waals surface area contributed by atoms with E-state index >= 15 is 0 Å². The Morgan fingerprint density at radius 2 is 1.80 bits per heavy atom. The summed E-state index contributed by atoms with van der Waals surface area (Å²) >= 11 is 0. The van der Waals surface area contributed by atoms with Crippen molar-refractivity contribution < 1.29 is 35.1 Å². The van der Waals surface area contributed by atoms with Crippen LogP contribution in [0.1, 0.15) is 86.0 Å². The van der Waals surface area contributed by atoms with E-state index in [1.807, 2.05) is 6.92 Å². The molecule has 0 radical (unpaired) electrons. The predicted octanol–water partition coefficient (Wildman–Crippen LogP) is 2.51. The Hall–Kier alpha value is -0.830. The van der Waals surface area contributed by atoms with Crippen LogP contribution in [0.15, 0.2) is 11.6 Å². The fourth-order valence-corrected chi connectivity index (χ4v) is 8.54. The SMILES string of the molecule is CO[C@H]1C[C@]2(C)C3CC[C@]4(C)C([C@](C)(O)[C@H](O)CCC(C)(C)O)CC[C@@]4(O)C3=CC(=O)[C@@H]2C[C@H]1O. The maximum Gasteiger partial charge on any atom is 0.159 e. The number of ketones is 1. The molecule has 10 atom stereocenters. The summed E-state index contributed by atoms with van der Waals surface area (Å²) < 4.78 is 5.58. The van der Waals surface area contributed by atoms with Crippen molar-refractivity contribution in [2.75, 3.05) is 7.11 Å². The van der Waals surface area contributed by atoms with Gasteiger partial charge in [0.15, 0.2) is 5.78 Å². The van der Waals surface area contributed by atoms with Gasteiger partial charge in [-0.3, -0.25) is 4.79 Å².